The fourth-order valence-electron chi connectivity index (χ4n) is 2.11. The van der Waals surface area contributed by atoms with E-state index in [1.54, 1.807) is 42.6 Å². The van der Waals surface area contributed by atoms with Gasteiger partial charge in [-0.2, -0.15) is 4.31 Å². The molecule has 0 bridgehead atoms. The molecule has 0 radical (unpaired) electrons. The highest BCUT2D eigenvalue weighted by atomic mass is 32.2. The lowest BCUT2D eigenvalue weighted by Crippen LogP contribution is -2.37. The van der Waals surface area contributed by atoms with Crippen LogP contribution in [0.1, 0.15) is 13.8 Å². The van der Waals surface area contributed by atoms with Gasteiger partial charge in [0.15, 0.2) is 0 Å². The number of sulfonamides is 1. The SMILES string of the molecule is CCN(CC(=O)Nc1ccc(NC(C)=O)cc1)S(=O)(=O)c1cccs1. The summed E-state index contributed by atoms with van der Waals surface area (Å²) in [4.78, 5) is 23.2. The Labute approximate surface area is 150 Å². The Balaban J connectivity index is 2.02. The minimum absolute atomic E-state index is 0.186. The number of benzene rings is 1. The molecule has 2 aromatic rings. The van der Waals surface area contributed by atoms with Crippen molar-refractivity contribution in [3.63, 3.8) is 0 Å². The van der Waals surface area contributed by atoms with Crippen molar-refractivity contribution < 1.29 is 18.0 Å². The zero-order chi connectivity index (χ0) is 18.4. The van der Waals surface area contributed by atoms with E-state index in [4.69, 9.17) is 0 Å². The van der Waals surface area contributed by atoms with Gasteiger partial charge in [0, 0.05) is 24.8 Å². The fraction of sp³-hybridized carbons (Fsp3) is 0.250. The first-order chi connectivity index (χ1) is 11.8. The molecule has 9 heteroatoms. The molecule has 2 rings (SSSR count). The number of rotatable bonds is 7. The van der Waals surface area contributed by atoms with Gasteiger partial charge >= 0.3 is 0 Å². The van der Waals surface area contributed by atoms with Gasteiger partial charge in [0.25, 0.3) is 10.0 Å². The number of hydrogen-bond acceptors (Lipinski definition) is 5. The standard InChI is InChI=1S/C16H19N3O4S2/c1-3-19(25(22,23)16-5-4-10-24-16)11-15(21)18-14-8-6-13(7-9-14)17-12(2)20/h4-10H,3,11H2,1-2H3,(H,17,20)(H,18,21). The van der Waals surface area contributed by atoms with Crippen LogP contribution in [0.2, 0.25) is 0 Å². The number of carbonyl (C=O) groups excluding carboxylic acids is 2. The Morgan fingerprint density at radius 2 is 1.68 bits per heavy atom. The molecule has 1 heterocycles. The molecule has 0 aliphatic carbocycles. The van der Waals surface area contributed by atoms with Gasteiger partial charge in [0.2, 0.25) is 11.8 Å². The Kier molecular flexibility index (Phi) is 6.29. The molecule has 2 amide bonds. The van der Waals surface area contributed by atoms with E-state index in [1.807, 2.05) is 0 Å². The third-order valence-corrected chi connectivity index (χ3v) is 6.54. The first kappa shape index (κ1) is 19.1. The highest BCUT2D eigenvalue weighted by molar-refractivity contribution is 7.91. The summed E-state index contributed by atoms with van der Waals surface area (Å²) in [5, 5.41) is 6.95. The third kappa shape index (κ3) is 5.12. The normalized spacial score (nSPS) is 11.3. The minimum atomic E-state index is -3.67. The molecule has 0 saturated heterocycles. The number of thiophene rings is 1. The predicted molar refractivity (Wildman–Crippen MR) is 98.1 cm³/mol. The lowest BCUT2D eigenvalue weighted by atomic mass is 10.2. The molecule has 0 atom stereocenters. The molecule has 0 unspecified atom stereocenters. The lowest BCUT2D eigenvalue weighted by molar-refractivity contribution is -0.116. The van der Waals surface area contributed by atoms with Gasteiger partial charge in [0.1, 0.15) is 4.21 Å². The van der Waals surface area contributed by atoms with Crippen LogP contribution in [0, 0.1) is 0 Å². The molecule has 25 heavy (non-hydrogen) atoms. The van der Waals surface area contributed by atoms with Crippen molar-refractivity contribution in [2.75, 3.05) is 23.7 Å². The van der Waals surface area contributed by atoms with Crippen molar-refractivity contribution in [2.45, 2.75) is 18.1 Å². The maximum Gasteiger partial charge on any atom is 0.253 e. The minimum Gasteiger partial charge on any atom is -0.326 e. The number of anilines is 2. The zero-order valence-electron chi connectivity index (χ0n) is 13.9. The number of carbonyl (C=O) groups is 2. The van der Waals surface area contributed by atoms with Crippen LogP contribution in [0.5, 0.6) is 0 Å². The van der Waals surface area contributed by atoms with Gasteiger partial charge < -0.3 is 10.6 Å². The van der Waals surface area contributed by atoms with Crippen LogP contribution in [0.15, 0.2) is 46.0 Å². The van der Waals surface area contributed by atoms with Crippen molar-refractivity contribution in [1.29, 1.82) is 0 Å². The average Bonchev–Trinajstić information content (AvgIpc) is 3.09. The van der Waals surface area contributed by atoms with E-state index in [1.165, 1.54) is 13.0 Å². The first-order valence-electron chi connectivity index (χ1n) is 7.54. The topological polar surface area (TPSA) is 95.6 Å². The number of nitrogens with one attached hydrogen (secondary N) is 2. The molecule has 1 aromatic carbocycles. The van der Waals surface area contributed by atoms with E-state index < -0.39 is 15.9 Å². The molecule has 0 aliphatic heterocycles. The van der Waals surface area contributed by atoms with Gasteiger partial charge in [-0.25, -0.2) is 8.42 Å². The van der Waals surface area contributed by atoms with Crippen molar-refractivity contribution in [1.82, 2.24) is 4.31 Å². The molecule has 0 fully saturated rings. The highest BCUT2D eigenvalue weighted by Crippen LogP contribution is 2.21. The molecule has 0 aliphatic rings. The highest BCUT2D eigenvalue weighted by Gasteiger charge is 2.26. The van der Waals surface area contributed by atoms with E-state index >= 15 is 0 Å². The van der Waals surface area contributed by atoms with Crippen LogP contribution >= 0.6 is 11.3 Å². The quantitative estimate of drug-likeness (QED) is 0.770. The molecule has 2 N–H and O–H groups in total. The van der Waals surface area contributed by atoms with E-state index in [0.29, 0.717) is 11.4 Å². The van der Waals surface area contributed by atoms with Crippen LogP contribution in [-0.4, -0.2) is 37.6 Å². The van der Waals surface area contributed by atoms with E-state index in [-0.39, 0.29) is 23.2 Å². The van der Waals surface area contributed by atoms with Crippen LogP contribution < -0.4 is 10.6 Å². The van der Waals surface area contributed by atoms with Crippen molar-refractivity contribution in [3.8, 4) is 0 Å². The van der Waals surface area contributed by atoms with Crippen LogP contribution in [0.4, 0.5) is 11.4 Å². The summed E-state index contributed by atoms with van der Waals surface area (Å²) in [6.45, 7) is 3.00. The van der Waals surface area contributed by atoms with Crippen molar-refractivity contribution in [3.05, 3.63) is 41.8 Å². The Morgan fingerprint density at radius 3 is 2.16 bits per heavy atom. The Bertz CT molecular complexity index is 831. The van der Waals surface area contributed by atoms with Gasteiger partial charge in [0.05, 0.1) is 6.54 Å². The number of hydrogen-bond donors (Lipinski definition) is 2. The van der Waals surface area contributed by atoms with Gasteiger partial charge in [-0.05, 0) is 35.7 Å². The summed E-state index contributed by atoms with van der Waals surface area (Å²) in [5.41, 5.74) is 1.13. The monoisotopic (exact) mass is 381 g/mol. The van der Waals surface area contributed by atoms with Gasteiger partial charge in [-0.3, -0.25) is 9.59 Å². The third-order valence-electron chi connectivity index (χ3n) is 3.25. The van der Waals surface area contributed by atoms with Crippen LogP contribution in [-0.2, 0) is 19.6 Å². The first-order valence-corrected chi connectivity index (χ1v) is 9.86. The lowest BCUT2D eigenvalue weighted by Gasteiger charge is -2.19. The maximum atomic E-state index is 12.5. The van der Waals surface area contributed by atoms with E-state index in [2.05, 4.69) is 10.6 Å². The summed E-state index contributed by atoms with van der Waals surface area (Å²) in [6.07, 6.45) is 0. The Morgan fingerprint density at radius 1 is 1.08 bits per heavy atom. The summed E-state index contributed by atoms with van der Waals surface area (Å²) in [5.74, 6) is -0.622. The molecule has 1 aromatic heterocycles. The van der Waals surface area contributed by atoms with Crippen molar-refractivity contribution in [2.24, 2.45) is 0 Å². The smallest absolute Gasteiger partial charge is 0.253 e. The number of amides is 2. The number of likely N-dealkylation sites (N-methyl/N-ethyl adjacent to an activating group) is 1. The van der Waals surface area contributed by atoms with Crippen LogP contribution in [0.25, 0.3) is 0 Å². The predicted octanol–water partition coefficient (Wildman–Crippen LogP) is 2.36. The average molecular weight is 381 g/mol. The van der Waals surface area contributed by atoms with Crippen LogP contribution in [0.3, 0.4) is 0 Å². The summed E-state index contributed by atoms with van der Waals surface area (Å²) in [6, 6.07) is 9.73. The van der Waals surface area contributed by atoms with Gasteiger partial charge in [-0.1, -0.05) is 13.0 Å². The molecular formula is C16H19N3O4S2. The molecule has 0 saturated carbocycles. The maximum absolute atomic E-state index is 12.5. The molecule has 134 valence electrons. The fourth-order valence-corrected chi connectivity index (χ4v) is 4.65. The Hall–Kier alpha value is -2.23. The largest absolute Gasteiger partial charge is 0.326 e. The zero-order valence-corrected chi connectivity index (χ0v) is 15.5. The summed E-state index contributed by atoms with van der Waals surface area (Å²) >= 11 is 1.12. The van der Waals surface area contributed by atoms with E-state index in [9.17, 15) is 18.0 Å². The van der Waals surface area contributed by atoms with Crippen molar-refractivity contribution >= 4 is 44.5 Å². The molecule has 7 nitrogen and oxygen atoms in total. The van der Waals surface area contributed by atoms with E-state index in [0.717, 1.165) is 15.6 Å². The second-order valence-corrected chi connectivity index (χ2v) is 8.28. The summed E-state index contributed by atoms with van der Waals surface area (Å²) < 4.78 is 26.3. The number of nitrogens with zero attached hydrogens (tertiary/aromatic N) is 1. The molecule has 0 spiro atoms. The second-order valence-electron chi connectivity index (χ2n) is 5.17. The second kappa shape index (κ2) is 8.24. The summed E-state index contributed by atoms with van der Waals surface area (Å²) in [7, 11) is -3.67. The molecular weight excluding hydrogens is 362 g/mol. The van der Waals surface area contributed by atoms with Gasteiger partial charge in [-0.15, -0.1) is 11.3 Å².